The van der Waals surface area contributed by atoms with Gasteiger partial charge in [-0.15, -0.1) is 0 Å². The molecule has 0 amide bonds. The van der Waals surface area contributed by atoms with Crippen LogP contribution < -0.4 is 4.72 Å². The van der Waals surface area contributed by atoms with Crippen molar-refractivity contribution in [3.8, 4) is 22.4 Å². The SMILES string of the molecule is CC(C)(C)NS(=O)(=O)c1ccccc1-c1ccc(-c2cn3ccccc3n2)c(F)c1. The third-order valence-corrected chi connectivity index (χ3v) is 6.35. The van der Waals surface area contributed by atoms with Crippen LogP contribution in [0, 0.1) is 5.82 Å². The first-order chi connectivity index (χ1) is 14.1. The van der Waals surface area contributed by atoms with Crippen LogP contribution in [-0.2, 0) is 10.0 Å². The van der Waals surface area contributed by atoms with Crippen LogP contribution in [-0.4, -0.2) is 23.3 Å². The smallest absolute Gasteiger partial charge is 0.241 e. The van der Waals surface area contributed by atoms with E-state index < -0.39 is 21.4 Å². The zero-order valence-corrected chi connectivity index (χ0v) is 17.7. The second-order valence-corrected chi connectivity index (χ2v) is 9.79. The molecule has 0 unspecified atom stereocenters. The van der Waals surface area contributed by atoms with E-state index >= 15 is 4.39 Å². The molecule has 0 radical (unpaired) electrons. The molecule has 2 aromatic heterocycles. The molecule has 4 aromatic rings. The predicted octanol–water partition coefficient (Wildman–Crippen LogP) is 4.88. The fourth-order valence-electron chi connectivity index (χ4n) is 3.35. The summed E-state index contributed by atoms with van der Waals surface area (Å²) in [6.45, 7) is 5.32. The summed E-state index contributed by atoms with van der Waals surface area (Å²) in [6.07, 6.45) is 3.61. The number of rotatable bonds is 4. The van der Waals surface area contributed by atoms with Crippen LogP contribution in [0.5, 0.6) is 0 Å². The number of fused-ring (bicyclic) bond motifs is 1. The summed E-state index contributed by atoms with van der Waals surface area (Å²) in [4.78, 5) is 4.57. The molecule has 0 aliphatic carbocycles. The summed E-state index contributed by atoms with van der Waals surface area (Å²) >= 11 is 0. The molecule has 0 atom stereocenters. The normalized spacial score (nSPS) is 12.4. The molecule has 4 rings (SSSR count). The Bertz CT molecular complexity index is 1310. The van der Waals surface area contributed by atoms with Crippen molar-refractivity contribution < 1.29 is 12.8 Å². The highest BCUT2D eigenvalue weighted by Crippen LogP contribution is 2.31. The van der Waals surface area contributed by atoms with Crippen molar-refractivity contribution in [2.45, 2.75) is 31.2 Å². The first-order valence-electron chi connectivity index (χ1n) is 9.51. The average molecular weight is 424 g/mol. The molecule has 0 saturated carbocycles. The molecule has 154 valence electrons. The number of nitrogens with one attached hydrogen (secondary N) is 1. The Morgan fingerprint density at radius 1 is 0.967 bits per heavy atom. The van der Waals surface area contributed by atoms with Gasteiger partial charge in [-0.3, -0.25) is 0 Å². The molecule has 5 nitrogen and oxygen atoms in total. The average Bonchev–Trinajstić information content (AvgIpc) is 3.10. The standard InChI is InChI=1S/C23H22FN3O2S/c1-23(2,3)26-30(28,29)21-9-5-4-8-17(21)16-11-12-18(19(24)14-16)20-15-27-13-7-6-10-22(27)25-20/h4-15,26H,1-3H3. The Morgan fingerprint density at radius 3 is 2.40 bits per heavy atom. The zero-order chi connectivity index (χ0) is 21.5. The number of nitrogens with zero attached hydrogens (tertiary/aromatic N) is 2. The van der Waals surface area contributed by atoms with Crippen molar-refractivity contribution in [1.82, 2.24) is 14.1 Å². The summed E-state index contributed by atoms with van der Waals surface area (Å²) in [6, 6.07) is 16.9. The van der Waals surface area contributed by atoms with Gasteiger partial charge in [-0.2, -0.15) is 0 Å². The van der Waals surface area contributed by atoms with Gasteiger partial charge < -0.3 is 4.40 Å². The molecule has 1 N–H and O–H groups in total. The van der Waals surface area contributed by atoms with Crippen molar-refractivity contribution in [3.05, 3.63) is 78.9 Å². The molecule has 2 aromatic carbocycles. The molecule has 2 heterocycles. The summed E-state index contributed by atoms with van der Waals surface area (Å²) in [5.74, 6) is -0.466. The van der Waals surface area contributed by atoms with E-state index in [2.05, 4.69) is 9.71 Å². The lowest BCUT2D eigenvalue weighted by Gasteiger charge is -2.21. The van der Waals surface area contributed by atoms with Gasteiger partial charge in [-0.05, 0) is 56.7 Å². The van der Waals surface area contributed by atoms with Gasteiger partial charge in [0.2, 0.25) is 10.0 Å². The summed E-state index contributed by atoms with van der Waals surface area (Å²) in [5.41, 5.74) is 1.88. The van der Waals surface area contributed by atoms with E-state index in [4.69, 9.17) is 0 Å². The zero-order valence-electron chi connectivity index (χ0n) is 16.9. The topological polar surface area (TPSA) is 63.5 Å². The van der Waals surface area contributed by atoms with E-state index in [0.29, 0.717) is 22.4 Å². The van der Waals surface area contributed by atoms with E-state index in [1.165, 1.54) is 12.1 Å². The lowest BCUT2D eigenvalue weighted by Crippen LogP contribution is -2.40. The Balaban J connectivity index is 1.77. The van der Waals surface area contributed by atoms with Crippen LogP contribution in [0.2, 0.25) is 0 Å². The van der Waals surface area contributed by atoms with Crippen LogP contribution in [0.4, 0.5) is 4.39 Å². The fourth-order valence-corrected chi connectivity index (χ4v) is 5.00. The molecule has 0 fully saturated rings. The largest absolute Gasteiger partial charge is 0.306 e. The van der Waals surface area contributed by atoms with Crippen molar-refractivity contribution in [2.24, 2.45) is 0 Å². The Kier molecular flexibility index (Phi) is 4.95. The number of hydrogen-bond acceptors (Lipinski definition) is 3. The van der Waals surface area contributed by atoms with Gasteiger partial charge in [-0.25, -0.2) is 22.5 Å². The quantitative estimate of drug-likeness (QED) is 0.509. The molecule has 0 aliphatic heterocycles. The third kappa shape index (κ3) is 3.99. The first-order valence-corrected chi connectivity index (χ1v) is 11.0. The minimum absolute atomic E-state index is 0.111. The van der Waals surface area contributed by atoms with Crippen molar-refractivity contribution >= 4 is 15.7 Å². The number of pyridine rings is 1. The third-order valence-electron chi connectivity index (χ3n) is 4.54. The van der Waals surface area contributed by atoms with E-state index in [9.17, 15) is 8.42 Å². The first kappa shape index (κ1) is 20.3. The van der Waals surface area contributed by atoms with Crippen LogP contribution in [0.15, 0.2) is 78.0 Å². The van der Waals surface area contributed by atoms with Gasteiger partial charge in [0, 0.05) is 29.1 Å². The number of sulfonamides is 1. The van der Waals surface area contributed by atoms with Gasteiger partial charge in [0.1, 0.15) is 11.5 Å². The minimum atomic E-state index is -3.78. The molecule has 30 heavy (non-hydrogen) atoms. The molecule has 0 spiro atoms. The van der Waals surface area contributed by atoms with E-state index in [1.807, 2.05) is 28.8 Å². The highest BCUT2D eigenvalue weighted by Gasteiger charge is 2.25. The molecule has 7 heteroatoms. The van der Waals surface area contributed by atoms with E-state index in [1.54, 1.807) is 57.3 Å². The number of aromatic nitrogens is 2. The molecule has 0 saturated heterocycles. The van der Waals surface area contributed by atoms with Gasteiger partial charge in [0.05, 0.1) is 10.6 Å². The number of halogens is 1. The van der Waals surface area contributed by atoms with Crippen molar-refractivity contribution in [2.75, 3.05) is 0 Å². The summed E-state index contributed by atoms with van der Waals surface area (Å²) in [7, 11) is -3.78. The Labute approximate surface area is 175 Å². The van der Waals surface area contributed by atoms with Gasteiger partial charge in [0.15, 0.2) is 0 Å². The number of imidazole rings is 1. The molecular weight excluding hydrogens is 401 g/mol. The van der Waals surface area contributed by atoms with Gasteiger partial charge in [-0.1, -0.05) is 30.3 Å². The number of hydrogen-bond donors (Lipinski definition) is 1. The number of benzene rings is 2. The maximum Gasteiger partial charge on any atom is 0.241 e. The predicted molar refractivity (Wildman–Crippen MR) is 116 cm³/mol. The maximum atomic E-state index is 15.0. The second-order valence-electron chi connectivity index (χ2n) is 8.14. The lowest BCUT2D eigenvalue weighted by molar-refractivity contribution is 0.491. The molecular formula is C23H22FN3O2S. The van der Waals surface area contributed by atoms with Crippen LogP contribution in [0.1, 0.15) is 20.8 Å². The lowest BCUT2D eigenvalue weighted by atomic mass is 10.0. The highest BCUT2D eigenvalue weighted by molar-refractivity contribution is 7.89. The van der Waals surface area contributed by atoms with Crippen LogP contribution >= 0.6 is 0 Å². The van der Waals surface area contributed by atoms with Gasteiger partial charge >= 0.3 is 0 Å². The summed E-state index contributed by atoms with van der Waals surface area (Å²) < 4.78 is 45.3. The fraction of sp³-hybridized carbons (Fsp3) is 0.174. The Hall–Kier alpha value is -3.03. The molecule has 0 bridgehead atoms. The van der Waals surface area contributed by atoms with Crippen LogP contribution in [0.25, 0.3) is 28.0 Å². The Morgan fingerprint density at radius 2 is 1.70 bits per heavy atom. The monoisotopic (exact) mass is 423 g/mol. The summed E-state index contributed by atoms with van der Waals surface area (Å²) in [5, 5.41) is 0. The van der Waals surface area contributed by atoms with Gasteiger partial charge in [0.25, 0.3) is 0 Å². The minimum Gasteiger partial charge on any atom is -0.306 e. The van der Waals surface area contributed by atoms with E-state index in [-0.39, 0.29) is 4.90 Å². The second kappa shape index (κ2) is 7.34. The van der Waals surface area contributed by atoms with Crippen molar-refractivity contribution in [1.29, 1.82) is 0 Å². The maximum absolute atomic E-state index is 15.0. The highest BCUT2D eigenvalue weighted by atomic mass is 32.2. The van der Waals surface area contributed by atoms with Crippen molar-refractivity contribution in [3.63, 3.8) is 0 Å². The molecule has 0 aliphatic rings. The van der Waals surface area contributed by atoms with Crippen LogP contribution in [0.3, 0.4) is 0 Å². The van der Waals surface area contributed by atoms with E-state index in [0.717, 1.165) is 5.65 Å².